The zero-order valence-electron chi connectivity index (χ0n) is 10.5. The maximum absolute atomic E-state index is 11.0. The number of hydrogen-bond donors (Lipinski definition) is 1. The van der Waals surface area contributed by atoms with E-state index >= 15 is 0 Å². The zero-order chi connectivity index (χ0) is 12.4. The van der Waals surface area contributed by atoms with E-state index < -0.39 is 5.97 Å². The van der Waals surface area contributed by atoms with E-state index in [4.69, 9.17) is 9.84 Å². The summed E-state index contributed by atoms with van der Waals surface area (Å²) in [7, 11) is 1.47. The number of unbranched alkanes of at least 4 members (excludes halogenated alkanes) is 2. The molecule has 0 aliphatic rings. The van der Waals surface area contributed by atoms with Crippen molar-refractivity contribution in [2.75, 3.05) is 7.11 Å². The third-order valence-corrected chi connectivity index (χ3v) is 2.31. The van der Waals surface area contributed by atoms with Gasteiger partial charge in [-0.05, 0) is 24.8 Å². The summed E-state index contributed by atoms with van der Waals surface area (Å²) in [5, 5.41) is 9.07. The fourth-order valence-corrected chi connectivity index (χ4v) is 1.54. The molecule has 0 heterocycles. The first-order chi connectivity index (χ1) is 7.67. The lowest BCUT2D eigenvalue weighted by Crippen LogP contribution is -2.05. The highest BCUT2D eigenvalue weighted by atomic mass is 16.5. The highest BCUT2D eigenvalue weighted by Gasteiger charge is 2.13. The van der Waals surface area contributed by atoms with Gasteiger partial charge in [-0.3, -0.25) is 0 Å². The van der Waals surface area contributed by atoms with E-state index in [-0.39, 0.29) is 5.57 Å². The largest absolute Gasteiger partial charge is 0.503 e. The lowest BCUT2D eigenvalue weighted by molar-refractivity contribution is -0.132. The number of hydrogen-bond acceptors (Lipinski definition) is 2. The molecule has 0 saturated carbocycles. The molecule has 0 aromatic carbocycles. The van der Waals surface area contributed by atoms with Crippen LogP contribution in [0.15, 0.2) is 23.5 Å². The van der Waals surface area contributed by atoms with E-state index in [1.165, 1.54) is 13.4 Å². The molecule has 16 heavy (non-hydrogen) atoms. The van der Waals surface area contributed by atoms with Crippen LogP contribution in [0.1, 0.15) is 46.0 Å². The number of rotatable bonds is 8. The second-order valence-corrected chi connectivity index (χ2v) is 3.67. The molecule has 0 atom stereocenters. The van der Waals surface area contributed by atoms with Gasteiger partial charge in [0.05, 0.1) is 18.9 Å². The number of allylic oxidation sites excluding steroid dienone is 1. The number of carboxylic acid groups (broad SMARTS) is 1. The van der Waals surface area contributed by atoms with Gasteiger partial charge in [0.15, 0.2) is 0 Å². The maximum atomic E-state index is 11.0. The normalized spacial score (nSPS) is 12.7. The van der Waals surface area contributed by atoms with Crippen molar-refractivity contribution in [2.45, 2.75) is 46.0 Å². The van der Waals surface area contributed by atoms with Crippen LogP contribution in [0.25, 0.3) is 0 Å². The van der Waals surface area contributed by atoms with Gasteiger partial charge in [-0.1, -0.05) is 32.8 Å². The highest BCUT2D eigenvalue weighted by Crippen LogP contribution is 2.19. The van der Waals surface area contributed by atoms with E-state index in [2.05, 4.69) is 6.92 Å². The monoisotopic (exact) mass is 226 g/mol. The van der Waals surface area contributed by atoms with Crippen molar-refractivity contribution < 1.29 is 14.6 Å². The van der Waals surface area contributed by atoms with Gasteiger partial charge in [-0.25, -0.2) is 4.79 Å². The Balaban J connectivity index is 4.67. The number of methoxy groups -OCH3 is 1. The first kappa shape index (κ1) is 14.8. The molecule has 1 N–H and O–H groups in total. The van der Waals surface area contributed by atoms with E-state index in [0.29, 0.717) is 0 Å². The molecule has 0 radical (unpaired) electrons. The van der Waals surface area contributed by atoms with Crippen LogP contribution in [-0.2, 0) is 9.53 Å². The third kappa shape index (κ3) is 5.59. The predicted octanol–water partition coefficient (Wildman–Crippen LogP) is 3.52. The fourth-order valence-electron chi connectivity index (χ4n) is 1.54. The lowest BCUT2D eigenvalue weighted by atomic mass is 9.99. The molecule has 3 heteroatoms. The molecule has 0 rings (SSSR count). The minimum absolute atomic E-state index is 0.278. The molecule has 0 aromatic heterocycles. The standard InChI is InChI=1S/C13H22O3/c1-4-6-7-9-11(8-5-2)12(10-16-3)13(14)15/h8,10H,4-7,9H2,1-3H3,(H,14,15)/b11-8+,12-10+. The van der Waals surface area contributed by atoms with Crippen LogP contribution in [0.3, 0.4) is 0 Å². The van der Waals surface area contributed by atoms with Gasteiger partial charge in [0.2, 0.25) is 0 Å². The summed E-state index contributed by atoms with van der Waals surface area (Å²) in [4.78, 5) is 11.0. The summed E-state index contributed by atoms with van der Waals surface area (Å²) in [6, 6.07) is 0. The topological polar surface area (TPSA) is 46.5 Å². The molecular formula is C13H22O3. The van der Waals surface area contributed by atoms with Crippen molar-refractivity contribution in [3.05, 3.63) is 23.5 Å². The van der Waals surface area contributed by atoms with Gasteiger partial charge in [0.1, 0.15) is 0 Å². The van der Waals surface area contributed by atoms with Gasteiger partial charge >= 0.3 is 5.97 Å². The molecule has 0 bridgehead atoms. The molecule has 0 unspecified atom stereocenters. The van der Waals surface area contributed by atoms with E-state index in [9.17, 15) is 4.79 Å². The Morgan fingerprint density at radius 1 is 1.31 bits per heavy atom. The Morgan fingerprint density at radius 2 is 2.00 bits per heavy atom. The third-order valence-electron chi connectivity index (χ3n) is 2.31. The van der Waals surface area contributed by atoms with Crippen LogP contribution < -0.4 is 0 Å². The molecule has 0 fully saturated rings. The summed E-state index contributed by atoms with van der Waals surface area (Å²) < 4.78 is 4.82. The van der Waals surface area contributed by atoms with Crippen molar-refractivity contribution in [3.8, 4) is 0 Å². The van der Waals surface area contributed by atoms with Crippen LogP contribution in [0.4, 0.5) is 0 Å². The molecule has 0 aliphatic carbocycles. The molecule has 0 saturated heterocycles. The first-order valence-electron chi connectivity index (χ1n) is 5.83. The Bertz CT molecular complexity index is 264. The summed E-state index contributed by atoms with van der Waals surface area (Å²) in [6.07, 6.45) is 8.22. The highest BCUT2D eigenvalue weighted by molar-refractivity contribution is 5.91. The first-order valence-corrected chi connectivity index (χ1v) is 5.83. The minimum Gasteiger partial charge on any atom is -0.503 e. The molecule has 0 amide bonds. The SMILES string of the molecule is CC/C=C(CCCCC)/C(=C\OC)C(=O)O. The summed E-state index contributed by atoms with van der Waals surface area (Å²) in [5.74, 6) is -0.918. The fraction of sp³-hybridized carbons (Fsp3) is 0.615. The molecule has 0 aliphatic heterocycles. The summed E-state index contributed by atoms with van der Waals surface area (Å²) >= 11 is 0. The Labute approximate surface area is 97.8 Å². The second kappa shape index (κ2) is 9.01. The Hall–Kier alpha value is -1.25. The molecule has 0 aromatic rings. The van der Waals surface area contributed by atoms with Gasteiger partial charge in [0, 0.05) is 0 Å². The number of carbonyl (C=O) groups is 1. The number of ether oxygens (including phenoxy) is 1. The van der Waals surface area contributed by atoms with Gasteiger partial charge in [-0.2, -0.15) is 0 Å². The average molecular weight is 226 g/mol. The van der Waals surface area contributed by atoms with Crippen LogP contribution >= 0.6 is 0 Å². The molecule has 92 valence electrons. The summed E-state index contributed by atoms with van der Waals surface area (Å²) in [5.41, 5.74) is 1.16. The van der Waals surface area contributed by atoms with Crippen molar-refractivity contribution in [1.82, 2.24) is 0 Å². The van der Waals surface area contributed by atoms with Crippen LogP contribution in [0.5, 0.6) is 0 Å². The van der Waals surface area contributed by atoms with Crippen molar-refractivity contribution in [2.24, 2.45) is 0 Å². The van der Waals surface area contributed by atoms with Crippen molar-refractivity contribution in [3.63, 3.8) is 0 Å². The second-order valence-electron chi connectivity index (χ2n) is 3.67. The zero-order valence-corrected chi connectivity index (χ0v) is 10.5. The van der Waals surface area contributed by atoms with E-state index in [1.807, 2.05) is 13.0 Å². The van der Waals surface area contributed by atoms with Crippen LogP contribution in [0.2, 0.25) is 0 Å². The Morgan fingerprint density at radius 3 is 2.44 bits per heavy atom. The lowest BCUT2D eigenvalue weighted by Gasteiger charge is -2.08. The molecule has 3 nitrogen and oxygen atoms in total. The summed E-state index contributed by atoms with van der Waals surface area (Å²) in [6.45, 7) is 4.14. The number of carboxylic acids is 1. The van der Waals surface area contributed by atoms with E-state index in [0.717, 1.165) is 37.7 Å². The quantitative estimate of drug-likeness (QED) is 0.298. The van der Waals surface area contributed by atoms with E-state index in [1.54, 1.807) is 0 Å². The molecule has 0 spiro atoms. The van der Waals surface area contributed by atoms with Crippen molar-refractivity contribution in [1.29, 1.82) is 0 Å². The average Bonchev–Trinajstić information content (AvgIpc) is 2.25. The maximum Gasteiger partial charge on any atom is 0.339 e. The van der Waals surface area contributed by atoms with Crippen LogP contribution in [0, 0.1) is 0 Å². The van der Waals surface area contributed by atoms with Gasteiger partial charge in [0.25, 0.3) is 0 Å². The van der Waals surface area contributed by atoms with Gasteiger partial charge < -0.3 is 9.84 Å². The molecular weight excluding hydrogens is 204 g/mol. The van der Waals surface area contributed by atoms with Gasteiger partial charge in [-0.15, -0.1) is 0 Å². The predicted molar refractivity (Wildman–Crippen MR) is 65.2 cm³/mol. The Kier molecular flexibility index (Phi) is 8.31. The smallest absolute Gasteiger partial charge is 0.339 e. The van der Waals surface area contributed by atoms with Crippen LogP contribution in [-0.4, -0.2) is 18.2 Å². The van der Waals surface area contributed by atoms with Crippen molar-refractivity contribution >= 4 is 5.97 Å². The number of aliphatic carboxylic acids is 1. The minimum atomic E-state index is -0.918.